The van der Waals surface area contributed by atoms with Crippen LogP contribution in [0.5, 0.6) is 11.5 Å². The van der Waals surface area contributed by atoms with Gasteiger partial charge in [-0.15, -0.1) is 0 Å². The largest absolute Gasteiger partial charge is 0.454 e. The average Bonchev–Trinajstić information content (AvgIpc) is 3.20. The van der Waals surface area contributed by atoms with Gasteiger partial charge < -0.3 is 14.8 Å². The summed E-state index contributed by atoms with van der Waals surface area (Å²) in [6, 6.07) is 11.1. The highest BCUT2D eigenvalue weighted by Crippen LogP contribution is 2.35. The number of fused-ring (bicyclic) bond motifs is 1. The minimum absolute atomic E-state index is 0.0729. The minimum atomic E-state index is -0.565. The first-order chi connectivity index (χ1) is 14.5. The fourth-order valence-corrected chi connectivity index (χ4v) is 4.26. The van der Waals surface area contributed by atoms with Crippen LogP contribution >= 0.6 is 11.8 Å². The van der Waals surface area contributed by atoms with Crippen LogP contribution in [0.4, 0.5) is 10.1 Å². The molecule has 0 unspecified atom stereocenters. The summed E-state index contributed by atoms with van der Waals surface area (Å²) in [5.41, 5.74) is 1.34. The second-order valence-electron chi connectivity index (χ2n) is 6.74. The van der Waals surface area contributed by atoms with Gasteiger partial charge in [0.2, 0.25) is 18.6 Å². The molecular weight excluding hydrogens is 409 g/mol. The van der Waals surface area contributed by atoms with Crippen LogP contribution in [0.2, 0.25) is 0 Å². The van der Waals surface area contributed by atoms with Gasteiger partial charge in [-0.3, -0.25) is 14.5 Å². The van der Waals surface area contributed by atoms with Gasteiger partial charge in [-0.2, -0.15) is 0 Å². The molecule has 0 spiro atoms. The Hall–Kier alpha value is -3.07. The Morgan fingerprint density at radius 3 is 2.77 bits per heavy atom. The zero-order chi connectivity index (χ0) is 21.1. The molecule has 2 aliphatic rings. The molecule has 4 rings (SSSR count). The maximum Gasteiger partial charge on any atom is 0.234 e. The molecule has 1 fully saturated rings. The third-order valence-electron chi connectivity index (χ3n) is 4.61. The number of rotatable bonds is 5. The lowest BCUT2D eigenvalue weighted by Gasteiger charge is -2.31. The summed E-state index contributed by atoms with van der Waals surface area (Å²) in [7, 11) is 0. The average molecular weight is 429 g/mol. The molecule has 2 aliphatic heterocycles. The maximum atomic E-state index is 13.3. The van der Waals surface area contributed by atoms with Gasteiger partial charge in [-0.25, -0.2) is 9.38 Å². The van der Waals surface area contributed by atoms with Crippen LogP contribution in [0.15, 0.2) is 47.5 Å². The van der Waals surface area contributed by atoms with Gasteiger partial charge in [0.15, 0.2) is 16.7 Å². The molecule has 156 valence electrons. The lowest BCUT2D eigenvalue weighted by molar-refractivity contribution is -0.130. The number of carbonyl (C=O) groups is 2. The van der Waals surface area contributed by atoms with Crippen LogP contribution in [-0.4, -0.2) is 40.5 Å². The monoisotopic (exact) mass is 429 g/mol. The van der Waals surface area contributed by atoms with Crippen molar-refractivity contribution in [3.63, 3.8) is 0 Å². The molecule has 9 heteroatoms. The van der Waals surface area contributed by atoms with Crippen molar-refractivity contribution < 1.29 is 23.5 Å². The first kappa shape index (κ1) is 20.2. The number of carbonyl (C=O) groups excluding carboxylic acids is 2. The van der Waals surface area contributed by atoms with E-state index in [9.17, 15) is 14.0 Å². The van der Waals surface area contributed by atoms with E-state index in [1.807, 2.05) is 19.1 Å². The topological polar surface area (TPSA) is 80.2 Å². The van der Waals surface area contributed by atoms with E-state index in [4.69, 9.17) is 9.47 Å². The number of nitrogens with zero attached hydrogens (tertiary/aromatic N) is 2. The zero-order valence-corrected chi connectivity index (χ0v) is 17.1. The van der Waals surface area contributed by atoms with Crippen LogP contribution in [0, 0.1) is 5.82 Å². The van der Waals surface area contributed by atoms with Crippen LogP contribution in [0.25, 0.3) is 0 Å². The smallest absolute Gasteiger partial charge is 0.234 e. The first-order valence-electron chi connectivity index (χ1n) is 9.51. The molecule has 1 N–H and O–H groups in total. The van der Waals surface area contributed by atoms with Gasteiger partial charge >= 0.3 is 0 Å². The number of benzene rings is 2. The summed E-state index contributed by atoms with van der Waals surface area (Å²) in [4.78, 5) is 31.4. The number of hydrogen-bond acceptors (Lipinski definition) is 6. The molecule has 1 saturated heterocycles. The van der Waals surface area contributed by atoms with E-state index in [0.717, 1.165) is 5.56 Å². The molecule has 2 aromatic carbocycles. The Morgan fingerprint density at radius 1 is 1.23 bits per heavy atom. The summed E-state index contributed by atoms with van der Waals surface area (Å²) < 4.78 is 24.0. The van der Waals surface area contributed by atoms with Gasteiger partial charge in [0.25, 0.3) is 0 Å². The summed E-state index contributed by atoms with van der Waals surface area (Å²) in [5, 5.41) is 2.58. The Balaban J connectivity index is 1.63. The Kier molecular flexibility index (Phi) is 5.89. The lowest BCUT2D eigenvalue weighted by atomic mass is 10.1. The number of ether oxygens (including phenoxy) is 2. The van der Waals surface area contributed by atoms with Crippen molar-refractivity contribution in [1.29, 1.82) is 0 Å². The van der Waals surface area contributed by atoms with E-state index in [-0.39, 0.29) is 37.4 Å². The fourth-order valence-electron chi connectivity index (χ4n) is 3.13. The third-order valence-corrected chi connectivity index (χ3v) is 5.80. The summed E-state index contributed by atoms with van der Waals surface area (Å²) >= 11 is 1.23. The van der Waals surface area contributed by atoms with Gasteiger partial charge in [0.05, 0.1) is 17.5 Å². The second kappa shape index (κ2) is 8.74. The van der Waals surface area contributed by atoms with Crippen molar-refractivity contribution in [3.8, 4) is 11.5 Å². The quantitative estimate of drug-likeness (QED) is 0.790. The van der Waals surface area contributed by atoms with Gasteiger partial charge in [0.1, 0.15) is 5.82 Å². The fraction of sp³-hybridized carbons (Fsp3) is 0.286. The highest BCUT2D eigenvalue weighted by Gasteiger charge is 2.36. The highest BCUT2D eigenvalue weighted by atomic mass is 32.2. The highest BCUT2D eigenvalue weighted by molar-refractivity contribution is 8.15. The molecule has 0 radical (unpaired) electrons. The normalized spacial score (nSPS) is 19.3. The first-order valence-corrected chi connectivity index (χ1v) is 10.4. The Morgan fingerprint density at radius 2 is 2.00 bits per heavy atom. The van der Waals surface area contributed by atoms with Crippen LogP contribution < -0.4 is 14.8 Å². The third kappa shape index (κ3) is 4.40. The van der Waals surface area contributed by atoms with Crippen molar-refractivity contribution >= 4 is 34.4 Å². The van der Waals surface area contributed by atoms with Crippen LogP contribution in [0.3, 0.4) is 0 Å². The predicted octanol–water partition coefficient (Wildman–Crippen LogP) is 3.21. The van der Waals surface area contributed by atoms with Crippen molar-refractivity contribution in [2.45, 2.75) is 25.1 Å². The minimum Gasteiger partial charge on any atom is -0.454 e. The maximum absolute atomic E-state index is 13.3. The van der Waals surface area contributed by atoms with E-state index in [0.29, 0.717) is 28.9 Å². The van der Waals surface area contributed by atoms with E-state index in [2.05, 4.69) is 10.3 Å². The number of hydrogen-bond donors (Lipinski definition) is 1. The number of amidine groups is 1. The van der Waals surface area contributed by atoms with E-state index in [1.54, 1.807) is 11.0 Å². The molecule has 7 nitrogen and oxygen atoms in total. The van der Waals surface area contributed by atoms with Crippen molar-refractivity contribution in [3.05, 3.63) is 53.8 Å². The van der Waals surface area contributed by atoms with E-state index < -0.39 is 5.25 Å². The van der Waals surface area contributed by atoms with Gasteiger partial charge in [-0.1, -0.05) is 17.8 Å². The van der Waals surface area contributed by atoms with Crippen molar-refractivity contribution in [1.82, 2.24) is 10.2 Å². The Labute approximate surface area is 177 Å². The van der Waals surface area contributed by atoms with Crippen molar-refractivity contribution in [2.75, 3.05) is 13.3 Å². The van der Waals surface area contributed by atoms with Crippen LogP contribution in [0.1, 0.15) is 18.9 Å². The predicted molar refractivity (Wildman–Crippen MR) is 111 cm³/mol. The lowest BCUT2D eigenvalue weighted by Crippen LogP contribution is -2.46. The van der Waals surface area contributed by atoms with Gasteiger partial charge in [-0.05, 0) is 48.9 Å². The summed E-state index contributed by atoms with van der Waals surface area (Å²) in [5.74, 6) is 0.508. The number of thioether (sulfide) groups is 1. The standard InChI is InChI=1S/C21H20FN3O4S/c1-2-23-20(27)18-10-19(26)25(11-13-3-8-16-17(9-13)29-12-28-16)21(30-18)24-15-6-4-14(22)5-7-15/h3-9,18H,2,10-12H2,1H3,(H,23,27)/t18-/m1/s1. The molecule has 0 saturated carbocycles. The number of amides is 2. The Bertz CT molecular complexity index is 996. The molecule has 2 amide bonds. The second-order valence-corrected chi connectivity index (χ2v) is 7.91. The molecule has 2 heterocycles. The summed E-state index contributed by atoms with van der Waals surface area (Å²) in [6.07, 6.45) is 0.0729. The molecule has 0 aromatic heterocycles. The molecule has 0 bridgehead atoms. The SMILES string of the molecule is CCNC(=O)[C@H]1CC(=O)N(Cc2ccc3c(c2)OCO3)C(=Nc2ccc(F)cc2)S1. The molecular formula is C21H20FN3O4S. The van der Waals surface area contributed by atoms with E-state index >= 15 is 0 Å². The number of halogens is 1. The van der Waals surface area contributed by atoms with Crippen LogP contribution in [-0.2, 0) is 16.1 Å². The summed E-state index contributed by atoms with van der Waals surface area (Å²) in [6.45, 7) is 2.75. The number of nitrogens with one attached hydrogen (secondary N) is 1. The van der Waals surface area contributed by atoms with Gasteiger partial charge in [0, 0.05) is 13.0 Å². The zero-order valence-electron chi connectivity index (χ0n) is 16.3. The van der Waals surface area contributed by atoms with E-state index in [1.165, 1.54) is 36.0 Å². The number of aliphatic imine (C=N–C) groups is 1. The molecule has 30 heavy (non-hydrogen) atoms. The van der Waals surface area contributed by atoms with Crippen molar-refractivity contribution in [2.24, 2.45) is 4.99 Å². The molecule has 2 aromatic rings. The molecule has 1 atom stereocenters. The molecule has 0 aliphatic carbocycles.